The van der Waals surface area contributed by atoms with Gasteiger partial charge in [0, 0.05) is 0 Å². The second-order valence-electron chi connectivity index (χ2n) is 9.14. The van der Waals surface area contributed by atoms with Crippen LogP contribution in [0.25, 0.3) is 0 Å². The zero-order valence-electron chi connectivity index (χ0n) is 13.7. The lowest BCUT2D eigenvalue weighted by molar-refractivity contribution is -0.122. The summed E-state index contributed by atoms with van der Waals surface area (Å²) in [5, 5.41) is 10.4. The molecule has 4 saturated carbocycles. The van der Waals surface area contributed by atoms with Crippen molar-refractivity contribution in [2.75, 3.05) is 0 Å². The molecule has 0 spiro atoms. The highest BCUT2D eigenvalue weighted by Gasteiger charge is 2.61. The molecule has 4 rings (SSSR count). The maximum atomic E-state index is 14.2. The van der Waals surface area contributed by atoms with E-state index in [1.165, 1.54) is 44.9 Å². The molecule has 4 aliphatic carbocycles. The molecule has 2 heteroatoms. The molecule has 1 N–H and O–H groups in total. The van der Waals surface area contributed by atoms with Crippen molar-refractivity contribution in [3.05, 3.63) is 0 Å². The van der Waals surface area contributed by atoms with E-state index in [0.29, 0.717) is 23.7 Å². The molecular weight excluding hydrogens is 263 g/mol. The zero-order valence-corrected chi connectivity index (χ0v) is 13.7. The van der Waals surface area contributed by atoms with Crippen LogP contribution in [0, 0.1) is 34.5 Å². The minimum Gasteiger partial charge on any atom is -0.390 e. The van der Waals surface area contributed by atoms with Crippen LogP contribution in [-0.4, -0.2) is 17.4 Å². The number of alkyl halides is 1. The molecule has 0 saturated heterocycles. The lowest BCUT2D eigenvalue weighted by Gasteiger charge is -2.60. The third-order valence-corrected chi connectivity index (χ3v) is 8.52. The third kappa shape index (κ3) is 1.84. The fourth-order valence-electron chi connectivity index (χ4n) is 7.24. The van der Waals surface area contributed by atoms with Crippen molar-refractivity contribution in [2.24, 2.45) is 34.5 Å². The molecule has 0 bridgehead atoms. The first-order valence-corrected chi connectivity index (χ1v) is 9.29. The second-order valence-corrected chi connectivity index (χ2v) is 9.14. The average molecular weight is 294 g/mol. The van der Waals surface area contributed by atoms with E-state index in [2.05, 4.69) is 13.8 Å². The van der Waals surface area contributed by atoms with Gasteiger partial charge in [-0.15, -0.1) is 0 Å². The molecule has 0 heterocycles. The summed E-state index contributed by atoms with van der Waals surface area (Å²) < 4.78 is 14.2. The molecule has 4 fully saturated rings. The Labute approximate surface area is 128 Å². The number of aliphatic hydroxyl groups is 1. The Morgan fingerprint density at radius 3 is 2.52 bits per heavy atom. The van der Waals surface area contributed by atoms with Gasteiger partial charge in [0.2, 0.25) is 0 Å². The van der Waals surface area contributed by atoms with Crippen molar-refractivity contribution in [3.63, 3.8) is 0 Å². The molecule has 1 nitrogen and oxygen atoms in total. The van der Waals surface area contributed by atoms with Crippen molar-refractivity contribution in [3.8, 4) is 0 Å². The topological polar surface area (TPSA) is 20.2 Å². The van der Waals surface area contributed by atoms with E-state index >= 15 is 0 Å². The Balaban J connectivity index is 1.65. The van der Waals surface area contributed by atoms with Crippen LogP contribution in [0.4, 0.5) is 4.39 Å². The Bertz CT molecular complexity index is 424. The molecule has 0 aliphatic heterocycles. The molecule has 0 aromatic rings. The molecule has 0 amide bonds. The first-order valence-electron chi connectivity index (χ1n) is 9.29. The molecule has 21 heavy (non-hydrogen) atoms. The van der Waals surface area contributed by atoms with Crippen LogP contribution >= 0.6 is 0 Å². The second kappa shape index (κ2) is 4.69. The van der Waals surface area contributed by atoms with Gasteiger partial charge < -0.3 is 5.11 Å². The first-order chi connectivity index (χ1) is 9.97. The van der Waals surface area contributed by atoms with Gasteiger partial charge in [-0.2, -0.15) is 0 Å². The number of halogens is 1. The minimum atomic E-state index is -0.976. The number of aliphatic hydroxyl groups excluding tert-OH is 1. The van der Waals surface area contributed by atoms with Crippen LogP contribution in [0.1, 0.15) is 71.6 Å². The van der Waals surface area contributed by atoms with Gasteiger partial charge in [-0.3, -0.25) is 0 Å². The molecular formula is C19H31FO. The Kier molecular flexibility index (Phi) is 3.24. The van der Waals surface area contributed by atoms with Crippen molar-refractivity contribution in [1.29, 1.82) is 0 Å². The molecule has 0 radical (unpaired) electrons. The number of rotatable bonds is 0. The zero-order chi connectivity index (χ0) is 14.8. The van der Waals surface area contributed by atoms with Crippen LogP contribution in [0.3, 0.4) is 0 Å². The van der Waals surface area contributed by atoms with Gasteiger partial charge in [0.05, 0.1) is 6.10 Å². The predicted molar refractivity (Wildman–Crippen MR) is 82.6 cm³/mol. The summed E-state index contributed by atoms with van der Waals surface area (Å²) in [5.41, 5.74) is 0.375. The lowest BCUT2D eigenvalue weighted by atomic mass is 9.45. The number of fused-ring (bicyclic) bond motifs is 5. The van der Waals surface area contributed by atoms with E-state index < -0.39 is 12.3 Å². The number of hydrogen-bond acceptors (Lipinski definition) is 1. The van der Waals surface area contributed by atoms with Crippen molar-refractivity contribution in [2.45, 2.75) is 83.9 Å². The van der Waals surface area contributed by atoms with E-state index in [1.54, 1.807) is 0 Å². The van der Waals surface area contributed by atoms with Gasteiger partial charge in [-0.1, -0.05) is 26.7 Å². The molecule has 8 atom stereocenters. The standard InChI is InChI=1S/C19H31FO/c1-18-9-4-3-5-12(18)6-7-13-14(18)8-10-19(2)15(13)11-16(20)17(19)21/h12-17,21H,3-11H2,1-2H3/t12-,13-,14+,15+,16-,17+,18+,19+/m1/s1. The van der Waals surface area contributed by atoms with Crippen LogP contribution in [0.5, 0.6) is 0 Å². The molecule has 4 aliphatic rings. The Morgan fingerprint density at radius 2 is 1.71 bits per heavy atom. The lowest BCUT2D eigenvalue weighted by Crippen LogP contribution is -2.53. The molecule has 0 aromatic carbocycles. The largest absolute Gasteiger partial charge is 0.390 e. The van der Waals surface area contributed by atoms with E-state index in [4.69, 9.17) is 0 Å². The highest BCUT2D eigenvalue weighted by molar-refractivity contribution is 5.11. The summed E-state index contributed by atoms with van der Waals surface area (Å²) in [6.07, 6.45) is 9.51. The SMILES string of the molecule is C[C@]12CCCC[C@@H]1CC[C@@H]1[C@@H]2CC[C@]2(C)[C@@H](O)[C@H](F)C[C@@H]12. The summed E-state index contributed by atoms with van der Waals surface area (Å²) in [7, 11) is 0. The Hall–Kier alpha value is -0.110. The monoisotopic (exact) mass is 294 g/mol. The molecule has 120 valence electrons. The van der Waals surface area contributed by atoms with Crippen molar-refractivity contribution < 1.29 is 9.50 Å². The first kappa shape index (κ1) is 14.5. The van der Waals surface area contributed by atoms with Crippen molar-refractivity contribution >= 4 is 0 Å². The van der Waals surface area contributed by atoms with Crippen molar-refractivity contribution in [1.82, 2.24) is 0 Å². The summed E-state index contributed by atoms with van der Waals surface area (Å²) >= 11 is 0. The van der Waals surface area contributed by atoms with Gasteiger partial charge in [0.25, 0.3) is 0 Å². The van der Waals surface area contributed by atoms with E-state index in [-0.39, 0.29) is 5.41 Å². The molecule has 0 aromatic heterocycles. The highest BCUT2D eigenvalue weighted by atomic mass is 19.1. The van der Waals surface area contributed by atoms with Crippen LogP contribution in [0.2, 0.25) is 0 Å². The summed E-state index contributed by atoms with van der Waals surface area (Å²) in [5.74, 6) is 2.83. The fraction of sp³-hybridized carbons (Fsp3) is 1.00. The third-order valence-electron chi connectivity index (χ3n) is 8.52. The fourth-order valence-corrected chi connectivity index (χ4v) is 7.24. The predicted octanol–water partition coefficient (Wildman–Crippen LogP) is 4.73. The summed E-state index contributed by atoms with van der Waals surface area (Å²) in [6, 6.07) is 0. The summed E-state index contributed by atoms with van der Waals surface area (Å²) in [6.45, 7) is 4.72. The van der Waals surface area contributed by atoms with Gasteiger partial charge in [-0.25, -0.2) is 4.39 Å². The van der Waals surface area contributed by atoms with Gasteiger partial charge >= 0.3 is 0 Å². The maximum Gasteiger partial charge on any atom is 0.127 e. The quantitative estimate of drug-likeness (QED) is 0.685. The maximum absolute atomic E-state index is 14.2. The normalized spacial score (nSPS) is 60.0. The summed E-state index contributed by atoms with van der Waals surface area (Å²) in [4.78, 5) is 0. The minimum absolute atomic E-state index is 0.140. The average Bonchev–Trinajstić information content (AvgIpc) is 2.70. The smallest absolute Gasteiger partial charge is 0.127 e. The highest BCUT2D eigenvalue weighted by Crippen LogP contribution is 2.66. The van der Waals surface area contributed by atoms with E-state index in [9.17, 15) is 9.50 Å². The Morgan fingerprint density at radius 1 is 0.905 bits per heavy atom. The molecule has 0 unspecified atom stereocenters. The van der Waals surface area contributed by atoms with Crippen LogP contribution < -0.4 is 0 Å². The van der Waals surface area contributed by atoms with E-state index in [0.717, 1.165) is 18.3 Å². The van der Waals surface area contributed by atoms with E-state index in [1.807, 2.05) is 0 Å². The van der Waals surface area contributed by atoms with Gasteiger partial charge in [0.1, 0.15) is 6.17 Å². The number of hydrogen-bond donors (Lipinski definition) is 1. The van der Waals surface area contributed by atoms with Gasteiger partial charge in [0.15, 0.2) is 0 Å². The van der Waals surface area contributed by atoms with Crippen LogP contribution in [0.15, 0.2) is 0 Å². The van der Waals surface area contributed by atoms with Crippen LogP contribution in [-0.2, 0) is 0 Å². The van der Waals surface area contributed by atoms with Gasteiger partial charge in [-0.05, 0) is 79.4 Å².